The van der Waals surface area contributed by atoms with E-state index in [0.29, 0.717) is 11.3 Å². The third kappa shape index (κ3) is 6.62. The van der Waals surface area contributed by atoms with E-state index >= 15 is 0 Å². The van der Waals surface area contributed by atoms with Crippen LogP contribution in [-0.2, 0) is 9.47 Å². The lowest BCUT2D eigenvalue weighted by molar-refractivity contribution is 0.0631. The first kappa shape index (κ1) is 11.9. The molecule has 0 fully saturated rings. The molecular formula is C10H22O2. The number of rotatable bonds is 5. The number of ether oxygens (including phenoxy) is 2. The summed E-state index contributed by atoms with van der Waals surface area (Å²) in [7, 11) is 3.48. The van der Waals surface area contributed by atoms with E-state index in [1.54, 1.807) is 14.2 Å². The van der Waals surface area contributed by atoms with Crippen molar-refractivity contribution in [3.05, 3.63) is 0 Å². The van der Waals surface area contributed by atoms with Crippen LogP contribution in [0, 0.1) is 11.3 Å². The lowest BCUT2D eigenvalue weighted by atomic mass is 9.85. The van der Waals surface area contributed by atoms with E-state index in [9.17, 15) is 0 Å². The lowest BCUT2D eigenvalue weighted by Gasteiger charge is -2.24. The molecule has 0 atom stereocenters. The highest BCUT2D eigenvalue weighted by Gasteiger charge is 2.18. The predicted molar refractivity (Wildman–Crippen MR) is 51.3 cm³/mol. The molecule has 0 rings (SSSR count). The molecule has 0 saturated heterocycles. The van der Waals surface area contributed by atoms with Gasteiger partial charge < -0.3 is 9.47 Å². The molecule has 0 aromatic carbocycles. The van der Waals surface area contributed by atoms with Crippen LogP contribution in [0.1, 0.15) is 27.2 Å². The molecule has 0 radical (unpaired) electrons. The highest BCUT2D eigenvalue weighted by molar-refractivity contribution is 4.68. The summed E-state index contributed by atoms with van der Waals surface area (Å²) in [6.07, 6.45) is 1.15. The molecule has 0 aromatic rings. The monoisotopic (exact) mass is 174 g/mol. The van der Waals surface area contributed by atoms with Gasteiger partial charge in [-0.1, -0.05) is 20.8 Å². The molecule has 0 bridgehead atoms. The van der Waals surface area contributed by atoms with Gasteiger partial charge in [0.25, 0.3) is 0 Å². The van der Waals surface area contributed by atoms with E-state index in [4.69, 9.17) is 9.47 Å². The van der Waals surface area contributed by atoms with Crippen LogP contribution in [0.15, 0.2) is 0 Å². The van der Waals surface area contributed by atoms with E-state index in [0.717, 1.165) is 19.6 Å². The van der Waals surface area contributed by atoms with Crippen molar-refractivity contribution >= 4 is 0 Å². The fourth-order valence-electron chi connectivity index (χ4n) is 1.50. The summed E-state index contributed by atoms with van der Waals surface area (Å²) in [5, 5.41) is 0. The Hall–Kier alpha value is -0.0800. The van der Waals surface area contributed by atoms with Crippen LogP contribution < -0.4 is 0 Å². The van der Waals surface area contributed by atoms with E-state index in [-0.39, 0.29) is 0 Å². The fourth-order valence-corrected chi connectivity index (χ4v) is 1.50. The molecule has 0 aliphatic heterocycles. The third-order valence-electron chi connectivity index (χ3n) is 1.71. The average molecular weight is 174 g/mol. The molecule has 0 aliphatic carbocycles. The first-order valence-electron chi connectivity index (χ1n) is 4.47. The fraction of sp³-hybridized carbons (Fsp3) is 1.00. The van der Waals surface area contributed by atoms with Gasteiger partial charge in [-0.3, -0.25) is 0 Å². The van der Waals surface area contributed by atoms with Crippen LogP contribution in [0.4, 0.5) is 0 Å². The molecule has 2 nitrogen and oxygen atoms in total. The van der Waals surface area contributed by atoms with Crippen LogP contribution in [-0.4, -0.2) is 27.4 Å². The molecular weight excluding hydrogens is 152 g/mol. The Labute approximate surface area is 76.3 Å². The van der Waals surface area contributed by atoms with Gasteiger partial charge in [0.1, 0.15) is 0 Å². The van der Waals surface area contributed by atoms with Gasteiger partial charge in [0, 0.05) is 20.1 Å². The molecule has 0 amide bonds. The Balaban J connectivity index is 3.77. The Morgan fingerprint density at radius 1 is 1.00 bits per heavy atom. The zero-order chi connectivity index (χ0) is 9.61. The zero-order valence-corrected chi connectivity index (χ0v) is 9.02. The van der Waals surface area contributed by atoms with Crippen LogP contribution in [0.5, 0.6) is 0 Å². The first-order chi connectivity index (χ1) is 5.49. The van der Waals surface area contributed by atoms with Crippen molar-refractivity contribution in [2.45, 2.75) is 27.2 Å². The van der Waals surface area contributed by atoms with Gasteiger partial charge in [0.2, 0.25) is 0 Å². The van der Waals surface area contributed by atoms with E-state index in [1.807, 2.05) is 0 Å². The molecule has 0 N–H and O–H groups in total. The van der Waals surface area contributed by atoms with Crippen molar-refractivity contribution in [2.75, 3.05) is 27.4 Å². The SMILES string of the molecule is COCC(COC)CC(C)(C)C. The Bertz CT molecular complexity index is 98.9. The molecule has 0 saturated carbocycles. The minimum absolute atomic E-state index is 0.363. The normalized spacial score (nSPS) is 12.5. The first-order valence-corrected chi connectivity index (χ1v) is 4.47. The maximum absolute atomic E-state index is 5.12. The van der Waals surface area contributed by atoms with Crippen molar-refractivity contribution < 1.29 is 9.47 Å². The summed E-state index contributed by atoms with van der Waals surface area (Å²) in [4.78, 5) is 0. The van der Waals surface area contributed by atoms with Crippen molar-refractivity contribution in [1.82, 2.24) is 0 Å². The molecule has 0 unspecified atom stereocenters. The zero-order valence-electron chi connectivity index (χ0n) is 9.02. The molecule has 74 valence electrons. The number of hydrogen-bond acceptors (Lipinski definition) is 2. The van der Waals surface area contributed by atoms with Gasteiger partial charge in [0.15, 0.2) is 0 Å². The molecule has 0 aromatic heterocycles. The second-order valence-corrected chi connectivity index (χ2v) is 4.54. The highest BCUT2D eigenvalue weighted by Crippen LogP contribution is 2.24. The Morgan fingerprint density at radius 2 is 1.42 bits per heavy atom. The van der Waals surface area contributed by atoms with Crippen LogP contribution in [0.2, 0.25) is 0 Å². The van der Waals surface area contributed by atoms with E-state index < -0.39 is 0 Å². The molecule has 12 heavy (non-hydrogen) atoms. The highest BCUT2D eigenvalue weighted by atomic mass is 16.5. The van der Waals surface area contributed by atoms with Gasteiger partial charge >= 0.3 is 0 Å². The van der Waals surface area contributed by atoms with Crippen molar-refractivity contribution in [3.8, 4) is 0 Å². The Morgan fingerprint density at radius 3 is 1.67 bits per heavy atom. The summed E-state index contributed by atoms with van der Waals surface area (Å²) < 4.78 is 10.2. The largest absolute Gasteiger partial charge is 0.384 e. The smallest absolute Gasteiger partial charge is 0.0512 e. The quantitative estimate of drug-likeness (QED) is 0.637. The predicted octanol–water partition coefficient (Wildman–Crippen LogP) is 2.33. The van der Waals surface area contributed by atoms with Gasteiger partial charge in [-0.2, -0.15) is 0 Å². The van der Waals surface area contributed by atoms with Crippen LogP contribution >= 0.6 is 0 Å². The molecule has 0 aliphatic rings. The standard InChI is InChI=1S/C10H22O2/c1-10(2,3)6-9(7-11-4)8-12-5/h9H,6-8H2,1-5H3. The number of hydrogen-bond donors (Lipinski definition) is 0. The van der Waals surface area contributed by atoms with Crippen molar-refractivity contribution in [2.24, 2.45) is 11.3 Å². The van der Waals surface area contributed by atoms with Gasteiger partial charge in [-0.15, -0.1) is 0 Å². The summed E-state index contributed by atoms with van der Waals surface area (Å²) in [5.74, 6) is 0.528. The minimum atomic E-state index is 0.363. The summed E-state index contributed by atoms with van der Waals surface area (Å²) >= 11 is 0. The second kappa shape index (κ2) is 5.55. The average Bonchev–Trinajstić information content (AvgIpc) is 1.84. The van der Waals surface area contributed by atoms with Crippen LogP contribution in [0.25, 0.3) is 0 Å². The maximum atomic E-state index is 5.12. The van der Waals surface area contributed by atoms with E-state index in [2.05, 4.69) is 20.8 Å². The van der Waals surface area contributed by atoms with Crippen molar-refractivity contribution in [1.29, 1.82) is 0 Å². The third-order valence-corrected chi connectivity index (χ3v) is 1.71. The second-order valence-electron chi connectivity index (χ2n) is 4.54. The summed E-state index contributed by atoms with van der Waals surface area (Å²) in [6.45, 7) is 8.32. The van der Waals surface area contributed by atoms with Gasteiger partial charge in [-0.05, 0) is 11.8 Å². The summed E-state index contributed by atoms with van der Waals surface area (Å²) in [6, 6.07) is 0. The van der Waals surface area contributed by atoms with Crippen LogP contribution in [0.3, 0.4) is 0 Å². The maximum Gasteiger partial charge on any atom is 0.0512 e. The summed E-state index contributed by atoms with van der Waals surface area (Å²) in [5.41, 5.74) is 0.363. The number of methoxy groups -OCH3 is 2. The minimum Gasteiger partial charge on any atom is -0.384 e. The molecule has 0 heterocycles. The van der Waals surface area contributed by atoms with E-state index in [1.165, 1.54) is 0 Å². The van der Waals surface area contributed by atoms with Gasteiger partial charge in [0.05, 0.1) is 13.2 Å². The molecule has 0 spiro atoms. The van der Waals surface area contributed by atoms with Gasteiger partial charge in [-0.25, -0.2) is 0 Å². The molecule has 2 heteroatoms. The topological polar surface area (TPSA) is 18.5 Å². The van der Waals surface area contributed by atoms with Crippen molar-refractivity contribution in [3.63, 3.8) is 0 Å². The lowest BCUT2D eigenvalue weighted by Crippen LogP contribution is -2.21. The Kier molecular flexibility index (Phi) is 5.51.